The van der Waals surface area contributed by atoms with Crippen LogP contribution in [0.15, 0.2) is 18.2 Å². The van der Waals surface area contributed by atoms with Crippen molar-refractivity contribution in [3.63, 3.8) is 0 Å². The number of aryl methyl sites for hydroxylation is 1. The Balaban J connectivity index is 2.56. The van der Waals surface area contributed by atoms with E-state index in [1.54, 1.807) is 0 Å². The van der Waals surface area contributed by atoms with Gasteiger partial charge in [-0.05, 0) is 51.2 Å². The molecule has 0 unspecified atom stereocenters. The number of carbonyl (C=O) groups excluding carboxylic acids is 1. The molecule has 1 aromatic rings. The topological polar surface area (TPSA) is 58.4 Å². The largest absolute Gasteiger partial charge is 0.354 e. The normalized spacial score (nSPS) is 21.2. The molecule has 4 heteroatoms. The van der Waals surface area contributed by atoms with Crippen LogP contribution in [0.1, 0.15) is 64.0 Å². The van der Waals surface area contributed by atoms with Gasteiger partial charge in [-0.2, -0.15) is 0 Å². The Morgan fingerprint density at radius 1 is 1.50 bits per heavy atom. The van der Waals surface area contributed by atoms with E-state index >= 15 is 0 Å². The summed E-state index contributed by atoms with van der Waals surface area (Å²) >= 11 is 0. The van der Waals surface area contributed by atoms with Crippen molar-refractivity contribution in [1.82, 2.24) is 5.43 Å². The number of nitrogens with one attached hydrogen (secondary N) is 1. The fourth-order valence-corrected chi connectivity index (χ4v) is 3.91. The van der Waals surface area contributed by atoms with Gasteiger partial charge in [0.1, 0.15) is 6.04 Å². The van der Waals surface area contributed by atoms with E-state index in [0.717, 1.165) is 19.3 Å². The molecule has 1 amide bonds. The van der Waals surface area contributed by atoms with Gasteiger partial charge in [-0.15, -0.1) is 0 Å². The van der Waals surface area contributed by atoms with E-state index < -0.39 is 0 Å². The summed E-state index contributed by atoms with van der Waals surface area (Å²) in [6.07, 6.45) is 2.77. The molecule has 0 fully saturated rings. The van der Waals surface area contributed by atoms with Gasteiger partial charge in [0.2, 0.25) is 0 Å². The molecule has 122 valence electrons. The van der Waals surface area contributed by atoms with Crippen LogP contribution in [0.4, 0.5) is 5.69 Å². The van der Waals surface area contributed by atoms with Gasteiger partial charge in [-0.25, -0.2) is 5.84 Å². The third-order valence-electron chi connectivity index (χ3n) is 4.75. The minimum atomic E-state index is -0.223. The average molecular weight is 303 g/mol. The summed E-state index contributed by atoms with van der Waals surface area (Å²) in [5.74, 6) is 5.83. The maximum Gasteiger partial charge on any atom is 0.256 e. The van der Waals surface area contributed by atoms with Crippen LogP contribution < -0.4 is 16.2 Å². The second kappa shape index (κ2) is 6.29. The molecule has 1 aromatic carbocycles. The molecular weight excluding hydrogens is 274 g/mol. The third-order valence-corrected chi connectivity index (χ3v) is 4.75. The molecule has 1 aliphatic rings. The highest BCUT2D eigenvalue weighted by Crippen LogP contribution is 2.45. The van der Waals surface area contributed by atoms with Gasteiger partial charge in [-0.3, -0.25) is 10.2 Å². The van der Waals surface area contributed by atoms with Crippen molar-refractivity contribution >= 4 is 11.6 Å². The fourth-order valence-electron chi connectivity index (χ4n) is 3.91. The second-order valence-electron chi connectivity index (χ2n) is 7.16. The van der Waals surface area contributed by atoms with Crippen molar-refractivity contribution in [2.45, 2.75) is 71.4 Å². The maximum absolute atomic E-state index is 12.4. The van der Waals surface area contributed by atoms with Crippen molar-refractivity contribution in [1.29, 1.82) is 0 Å². The Labute approximate surface area is 134 Å². The minimum absolute atomic E-state index is 0.0754. The number of nitrogens with two attached hydrogens (primary N) is 1. The van der Waals surface area contributed by atoms with Crippen molar-refractivity contribution in [2.24, 2.45) is 5.84 Å². The summed E-state index contributed by atoms with van der Waals surface area (Å²) in [5.41, 5.74) is 6.06. The highest BCUT2D eigenvalue weighted by molar-refractivity contribution is 5.86. The Kier molecular flexibility index (Phi) is 4.81. The lowest BCUT2D eigenvalue weighted by molar-refractivity contribution is -0.123. The molecule has 0 radical (unpaired) electrons. The van der Waals surface area contributed by atoms with Crippen molar-refractivity contribution in [2.75, 3.05) is 4.90 Å². The molecule has 0 saturated carbocycles. The average Bonchev–Trinajstić information content (AvgIpc) is 2.45. The van der Waals surface area contributed by atoms with Crippen LogP contribution in [0.5, 0.6) is 0 Å². The van der Waals surface area contributed by atoms with E-state index in [4.69, 9.17) is 5.84 Å². The van der Waals surface area contributed by atoms with Gasteiger partial charge in [0.05, 0.1) is 0 Å². The van der Waals surface area contributed by atoms with Crippen LogP contribution >= 0.6 is 0 Å². The lowest BCUT2D eigenvalue weighted by Crippen LogP contribution is -2.59. The van der Waals surface area contributed by atoms with Gasteiger partial charge in [0.25, 0.3) is 5.91 Å². The number of hydrazine groups is 1. The van der Waals surface area contributed by atoms with Crippen molar-refractivity contribution in [3.05, 3.63) is 29.3 Å². The van der Waals surface area contributed by atoms with Crippen LogP contribution in [0, 0.1) is 6.92 Å². The van der Waals surface area contributed by atoms with Gasteiger partial charge >= 0.3 is 0 Å². The van der Waals surface area contributed by atoms with Crippen molar-refractivity contribution < 1.29 is 4.79 Å². The number of fused-ring (bicyclic) bond motifs is 1. The Morgan fingerprint density at radius 3 is 2.77 bits per heavy atom. The molecular formula is C18H29N3O. The molecule has 2 rings (SSSR count). The molecule has 22 heavy (non-hydrogen) atoms. The monoisotopic (exact) mass is 303 g/mol. The number of hydrogen-bond donors (Lipinski definition) is 2. The molecule has 1 heterocycles. The van der Waals surface area contributed by atoms with Crippen LogP contribution in [-0.2, 0) is 4.79 Å². The molecule has 1 aliphatic heterocycles. The number of hydrogen-bond acceptors (Lipinski definition) is 3. The van der Waals surface area contributed by atoms with Gasteiger partial charge in [0.15, 0.2) is 0 Å². The lowest BCUT2D eigenvalue weighted by atomic mass is 9.78. The number of amides is 1. The zero-order chi connectivity index (χ0) is 16.5. The molecule has 0 spiro atoms. The van der Waals surface area contributed by atoms with Gasteiger partial charge in [-0.1, -0.05) is 38.0 Å². The molecule has 0 aliphatic carbocycles. The standard InChI is InChI=1S/C18H29N3O/c1-6-7-16(17(22)20-19)21-15-9-8-12(2)10-14(15)13(3)11-18(21,4)5/h8-10,13,16H,6-7,11,19H2,1-5H3,(H,20,22)/t13-,16-/m1/s1. The number of benzene rings is 1. The summed E-state index contributed by atoms with van der Waals surface area (Å²) in [5, 5.41) is 0. The van der Waals surface area contributed by atoms with Crippen LogP contribution in [-0.4, -0.2) is 17.5 Å². The Bertz CT molecular complexity index is 553. The van der Waals surface area contributed by atoms with Gasteiger partial charge < -0.3 is 4.90 Å². The first kappa shape index (κ1) is 16.8. The molecule has 0 aromatic heterocycles. The smallest absolute Gasteiger partial charge is 0.256 e. The summed E-state index contributed by atoms with van der Waals surface area (Å²) < 4.78 is 0. The minimum Gasteiger partial charge on any atom is -0.354 e. The van der Waals surface area contributed by atoms with E-state index in [1.807, 2.05) is 0 Å². The Morgan fingerprint density at radius 2 is 2.18 bits per heavy atom. The van der Waals surface area contributed by atoms with E-state index in [2.05, 4.69) is 63.1 Å². The third kappa shape index (κ3) is 2.98. The molecule has 2 atom stereocenters. The van der Waals surface area contributed by atoms with E-state index in [1.165, 1.54) is 16.8 Å². The summed E-state index contributed by atoms with van der Waals surface area (Å²) in [6, 6.07) is 6.32. The first-order valence-corrected chi connectivity index (χ1v) is 8.22. The van der Waals surface area contributed by atoms with Crippen LogP contribution in [0.3, 0.4) is 0 Å². The zero-order valence-electron chi connectivity index (χ0n) is 14.4. The molecule has 0 saturated heterocycles. The maximum atomic E-state index is 12.4. The van der Waals surface area contributed by atoms with Crippen LogP contribution in [0.25, 0.3) is 0 Å². The molecule has 0 bridgehead atoms. The predicted molar refractivity (Wildman–Crippen MR) is 91.8 cm³/mol. The van der Waals surface area contributed by atoms with Crippen molar-refractivity contribution in [3.8, 4) is 0 Å². The first-order chi connectivity index (χ1) is 10.3. The SMILES string of the molecule is CCC[C@H](C(=O)NN)N1c2ccc(C)cc2[C@H](C)CC1(C)C. The fraction of sp³-hybridized carbons (Fsp3) is 0.611. The van der Waals surface area contributed by atoms with E-state index in [9.17, 15) is 4.79 Å². The summed E-state index contributed by atoms with van der Waals surface area (Å²) in [7, 11) is 0. The highest BCUT2D eigenvalue weighted by atomic mass is 16.2. The zero-order valence-corrected chi connectivity index (χ0v) is 14.4. The Hall–Kier alpha value is -1.55. The highest BCUT2D eigenvalue weighted by Gasteiger charge is 2.41. The summed E-state index contributed by atoms with van der Waals surface area (Å²) in [6.45, 7) is 10.9. The van der Waals surface area contributed by atoms with Gasteiger partial charge in [0, 0.05) is 11.2 Å². The summed E-state index contributed by atoms with van der Waals surface area (Å²) in [4.78, 5) is 14.7. The van der Waals surface area contributed by atoms with Crippen LogP contribution in [0.2, 0.25) is 0 Å². The van der Waals surface area contributed by atoms with E-state index in [0.29, 0.717) is 5.92 Å². The van der Waals surface area contributed by atoms with E-state index in [-0.39, 0.29) is 17.5 Å². The number of nitrogens with zero attached hydrogens (tertiary/aromatic N) is 1. The first-order valence-electron chi connectivity index (χ1n) is 8.22. The lowest BCUT2D eigenvalue weighted by Gasteiger charge is -2.50. The number of carbonyl (C=O) groups is 1. The quantitative estimate of drug-likeness (QED) is 0.510. The molecule has 3 N–H and O–H groups in total. The second-order valence-corrected chi connectivity index (χ2v) is 7.16. The predicted octanol–water partition coefficient (Wildman–Crippen LogP) is 3.25. The molecule has 4 nitrogen and oxygen atoms in total. The number of anilines is 1. The number of rotatable bonds is 4.